The van der Waals surface area contributed by atoms with Crippen molar-refractivity contribution < 1.29 is 23.1 Å². The molecule has 0 unspecified atom stereocenters. The number of rotatable bonds is 6. The molecule has 1 heterocycles. The number of carbonyl (C=O) groups excluding carboxylic acids is 1. The van der Waals surface area contributed by atoms with E-state index in [-0.39, 0.29) is 11.3 Å². The van der Waals surface area contributed by atoms with Gasteiger partial charge in [0.2, 0.25) is 0 Å². The standard InChI is InChI=1S/C33H25FO4P2/c34-24-21-22-30-29(23-24)31(39(36,25-13-5-1-6-14-25)26-15-7-2-8-16-26)32(33(35)38-30)40(37,27-17-9-3-10-18-27)28-19-11-4-12-20-28/h1-23,31-32H/t31-,32+/m0/s1. The first-order chi connectivity index (χ1) is 19.4. The molecular weight excluding hydrogens is 541 g/mol. The zero-order chi connectivity index (χ0) is 27.7. The molecule has 40 heavy (non-hydrogen) atoms. The Morgan fingerprint density at radius 2 is 0.900 bits per heavy atom. The average Bonchev–Trinajstić information content (AvgIpc) is 3.01. The van der Waals surface area contributed by atoms with E-state index < -0.39 is 37.4 Å². The van der Waals surface area contributed by atoms with Crippen LogP contribution in [0.15, 0.2) is 140 Å². The van der Waals surface area contributed by atoms with Crippen molar-refractivity contribution in [2.24, 2.45) is 0 Å². The predicted octanol–water partition coefficient (Wildman–Crippen LogP) is 6.18. The molecule has 198 valence electrons. The second kappa shape index (κ2) is 10.5. The summed E-state index contributed by atoms with van der Waals surface area (Å²) in [4.78, 5) is 14.1. The first-order valence-electron chi connectivity index (χ1n) is 12.9. The van der Waals surface area contributed by atoms with E-state index in [0.717, 1.165) is 0 Å². The molecular formula is C33H25FO4P2. The summed E-state index contributed by atoms with van der Waals surface area (Å²) in [6.07, 6.45) is 0. The molecule has 0 fully saturated rings. The smallest absolute Gasteiger partial charge is 0.323 e. The summed E-state index contributed by atoms with van der Waals surface area (Å²) >= 11 is 0. The third-order valence-electron chi connectivity index (χ3n) is 7.38. The molecule has 0 N–H and O–H groups in total. The van der Waals surface area contributed by atoms with Gasteiger partial charge >= 0.3 is 5.97 Å². The summed E-state index contributed by atoms with van der Waals surface area (Å²) in [5, 5.41) is 1.82. The van der Waals surface area contributed by atoms with Gasteiger partial charge in [0, 0.05) is 26.8 Å². The quantitative estimate of drug-likeness (QED) is 0.140. The molecule has 4 nitrogen and oxygen atoms in total. The van der Waals surface area contributed by atoms with Gasteiger partial charge < -0.3 is 13.9 Å². The van der Waals surface area contributed by atoms with Crippen molar-refractivity contribution in [2.75, 3.05) is 0 Å². The van der Waals surface area contributed by atoms with Gasteiger partial charge in [-0.1, -0.05) is 121 Å². The van der Waals surface area contributed by atoms with Gasteiger partial charge in [0.15, 0.2) is 14.3 Å². The van der Waals surface area contributed by atoms with Gasteiger partial charge in [0.05, 0.1) is 5.66 Å². The van der Waals surface area contributed by atoms with Crippen LogP contribution in [0.25, 0.3) is 0 Å². The Bertz CT molecular complexity index is 1670. The van der Waals surface area contributed by atoms with E-state index in [2.05, 4.69) is 0 Å². The molecule has 0 bridgehead atoms. The fourth-order valence-electron chi connectivity index (χ4n) is 5.59. The zero-order valence-electron chi connectivity index (χ0n) is 21.3. The van der Waals surface area contributed by atoms with E-state index in [9.17, 15) is 9.18 Å². The number of hydrogen-bond acceptors (Lipinski definition) is 4. The monoisotopic (exact) mass is 566 g/mol. The topological polar surface area (TPSA) is 60.4 Å². The summed E-state index contributed by atoms with van der Waals surface area (Å²) < 4.78 is 52.3. The minimum Gasteiger partial charge on any atom is -0.426 e. The van der Waals surface area contributed by atoms with Gasteiger partial charge in [-0.3, -0.25) is 4.79 Å². The molecule has 5 aromatic rings. The van der Waals surface area contributed by atoms with Gasteiger partial charge in [-0.15, -0.1) is 0 Å². The first kappa shape index (κ1) is 26.2. The molecule has 2 atom stereocenters. The average molecular weight is 567 g/mol. The fourth-order valence-corrected chi connectivity index (χ4v) is 13.1. The van der Waals surface area contributed by atoms with E-state index in [1.165, 1.54) is 18.2 Å². The van der Waals surface area contributed by atoms with Gasteiger partial charge in [-0.05, 0) is 18.2 Å². The molecule has 7 heteroatoms. The zero-order valence-corrected chi connectivity index (χ0v) is 23.1. The van der Waals surface area contributed by atoms with Crippen molar-refractivity contribution in [1.29, 1.82) is 0 Å². The van der Waals surface area contributed by atoms with E-state index >= 15 is 9.13 Å². The molecule has 5 aromatic carbocycles. The van der Waals surface area contributed by atoms with E-state index in [1.807, 2.05) is 12.1 Å². The maximum absolute atomic E-state index is 15.9. The minimum absolute atomic E-state index is 0.118. The van der Waals surface area contributed by atoms with Gasteiger partial charge in [-0.25, -0.2) is 4.39 Å². The highest BCUT2D eigenvalue weighted by Gasteiger charge is 2.57. The summed E-state index contributed by atoms with van der Waals surface area (Å²) in [6, 6.07) is 39.1. The lowest BCUT2D eigenvalue weighted by atomic mass is 10.0. The minimum atomic E-state index is -3.89. The lowest BCUT2D eigenvalue weighted by molar-refractivity contribution is -0.134. The number of carbonyl (C=O) groups is 1. The lowest BCUT2D eigenvalue weighted by Gasteiger charge is -2.41. The van der Waals surface area contributed by atoms with Crippen LogP contribution in [-0.2, 0) is 13.9 Å². The molecule has 0 spiro atoms. The van der Waals surface area contributed by atoms with Crippen LogP contribution in [0.4, 0.5) is 4.39 Å². The molecule has 1 aliphatic rings. The Morgan fingerprint density at radius 1 is 0.525 bits per heavy atom. The molecule has 0 amide bonds. The third-order valence-corrected chi connectivity index (χ3v) is 14.5. The van der Waals surface area contributed by atoms with Crippen molar-refractivity contribution in [2.45, 2.75) is 11.3 Å². The van der Waals surface area contributed by atoms with Gasteiger partial charge in [-0.2, -0.15) is 0 Å². The number of halogens is 1. The summed E-state index contributed by atoms with van der Waals surface area (Å²) in [5.74, 6) is -1.21. The molecule has 6 rings (SSSR count). The van der Waals surface area contributed by atoms with E-state index in [1.54, 1.807) is 109 Å². The first-order valence-corrected chi connectivity index (χ1v) is 16.4. The van der Waals surface area contributed by atoms with Crippen LogP contribution in [0.1, 0.15) is 11.2 Å². The Kier molecular flexibility index (Phi) is 6.88. The Morgan fingerprint density at radius 3 is 1.30 bits per heavy atom. The summed E-state index contributed by atoms with van der Waals surface area (Å²) in [7, 11) is -7.71. The Balaban J connectivity index is 1.74. The maximum Gasteiger partial charge on any atom is 0.323 e. The highest BCUT2D eigenvalue weighted by molar-refractivity contribution is 7.83. The second-order valence-corrected chi connectivity index (χ2v) is 15.5. The predicted molar refractivity (Wildman–Crippen MR) is 158 cm³/mol. The van der Waals surface area contributed by atoms with Gasteiger partial charge in [0.1, 0.15) is 17.2 Å². The summed E-state index contributed by atoms with van der Waals surface area (Å²) in [6.45, 7) is 0. The number of esters is 1. The van der Waals surface area contributed by atoms with Crippen molar-refractivity contribution in [1.82, 2.24) is 0 Å². The Labute approximate surface area is 232 Å². The molecule has 1 aliphatic heterocycles. The largest absolute Gasteiger partial charge is 0.426 e. The number of fused-ring (bicyclic) bond motifs is 1. The van der Waals surface area contributed by atoms with Crippen molar-refractivity contribution >= 4 is 41.5 Å². The van der Waals surface area contributed by atoms with E-state index in [4.69, 9.17) is 4.74 Å². The van der Waals surface area contributed by atoms with Crippen molar-refractivity contribution in [3.8, 4) is 5.75 Å². The SMILES string of the molecule is O=C1Oc2ccc(F)cc2[C@H](P(=O)(c2ccccc2)c2ccccc2)[C@H]1P(=O)(c1ccccc1)c1ccccc1. The second-order valence-electron chi connectivity index (χ2n) is 9.65. The van der Waals surface area contributed by atoms with Crippen LogP contribution in [-0.4, -0.2) is 11.6 Å². The highest BCUT2D eigenvalue weighted by atomic mass is 31.2. The lowest BCUT2D eigenvalue weighted by Crippen LogP contribution is -2.44. The van der Waals surface area contributed by atoms with Crippen LogP contribution in [0.5, 0.6) is 5.75 Å². The van der Waals surface area contributed by atoms with Crippen LogP contribution in [0.3, 0.4) is 0 Å². The van der Waals surface area contributed by atoms with Gasteiger partial charge in [0.25, 0.3) is 0 Å². The molecule has 0 aliphatic carbocycles. The third kappa shape index (κ3) is 4.27. The molecule has 0 radical (unpaired) electrons. The fraction of sp³-hybridized carbons (Fsp3) is 0.0606. The number of benzene rings is 5. The summed E-state index contributed by atoms with van der Waals surface area (Å²) in [5.41, 5.74) is -2.30. The number of hydrogen-bond donors (Lipinski definition) is 0. The number of ether oxygens (including phenoxy) is 1. The van der Waals surface area contributed by atoms with Crippen LogP contribution < -0.4 is 26.0 Å². The van der Waals surface area contributed by atoms with Crippen LogP contribution >= 0.6 is 14.3 Å². The maximum atomic E-state index is 15.9. The van der Waals surface area contributed by atoms with Crippen molar-refractivity contribution in [3.05, 3.63) is 151 Å². The van der Waals surface area contributed by atoms with Crippen LogP contribution in [0.2, 0.25) is 0 Å². The van der Waals surface area contributed by atoms with E-state index in [0.29, 0.717) is 21.2 Å². The van der Waals surface area contributed by atoms with Crippen LogP contribution in [0, 0.1) is 5.82 Å². The molecule has 0 saturated carbocycles. The molecule has 0 saturated heterocycles. The Hall–Kier alpha value is -4.04. The highest BCUT2D eigenvalue weighted by Crippen LogP contribution is 2.69. The molecule has 0 aromatic heterocycles. The van der Waals surface area contributed by atoms with Crippen molar-refractivity contribution in [3.63, 3.8) is 0 Å². The normalized spacial score (nSPS) is 17.1.